The molecule has 0 aliphatic carbocycles. The number of carbonyl (C=O) groups excluding carboxylic acids is 1. The van der Waals surface area contributed by atoms with Crippen molar-refractivity contribution in [1.82, 2.24) is 4.57 Å². The van der Waals surface area contributed by atoms with Gasteiger partial charge in [0.15, 0.2) is 5.69 Å². The molecule has 0 fully saturated rings. The van der Waals surface area contributed by atoms with Crippen molar-refractivity contribution in [2.24, 2.45) is 0 Å². The SMILES string of the molecule is C=Cc1ccc(-c2ccc3c(NC(=O)c4ccc(Cl)cc4)c(C(=O)O)n(Cc4cccc(Cl)c4)c3c2)cc1. The second kappa shape index (κ2) is 10.6. The third-order valence-electron chi connectivity index (χ3n) is 6.32. The van der Waals surface area contributed by atoms with E-state index < -0.39 is 11.9 Å². The van der Waals surface area contributed by atoms with Crippen LogP contribution < -0.4 is 5.32 Å². The highest BCUT2D eigenvalue weighted by Gasteiger charge is 2.25. The quantitative estimate of drug-likeness (QED) is 0.218. The molecule has 5 nitrogen and oxygen atoms in total. The van der Waals surface area contributed by atoms with E-state index in [4.69, 9.17) is 23.2 Å². The molecule has 0 bridgehead atoms. The standard InChI is InChI=1S/C31H22Cl2N2O3/c1-2-19-6-8-21(9-7-19)23-12-15-26-27(17-23)35(18-20-4-3-5-25(33)16-20)29(31(37)38)28(26)34-30(36)22-10-13-24(32)14-11-22/h2-17H,1,18H2,(H,34,36)(H,37,38). The van der Waals surface area contributed by atoms with Gasteiger partial charge in [0.2, 0.25) is 0 Å². The maximum absolute atomic E-state index is 13.1. The highest BCUT2D eigenvalue weighted by molar-refractivity contribution is 6.31. The molecule has 4 aromatic carbocycles. The second-order valence-corrected chi connectivity index (χ2v) is 9.64. The number of halogens is 2. The van der Waals surface area contributed by atoms with Crippen LogP contribution in [0.5, 0.6) is 0 Å². The van der Waals surface area contributed by atoms with Crippen molar-refractivity contribution in [3.63, 3.8) is 0 Å². The molecule has 0 radical (unpaired) electrons. The minimum absolute atomic E-state index is 0.0264. The van der Waals surface area contributed by atoms with Crippen molar-refractivity contribution >= 4 is 57.7 Å². The first-order valence-electron chi connectivity index (χ1n) is 11.8. The number of amides is 1. The number of nitrogens with zero attached hydrogens (tertiary/aromatic N) is 1. The number of anilines is 1. The summed E-state index contributed by atoms with van der Waals surface area (Å²) >= 11 is 12.2. The molecule has 188 valence electrons. The Morgan fingerprint density at radius 1 is 0.868 bits per heavy atom. The molecule has 0 aliphatic heterocycles. The molecule has 0 unspecified atom stereocenters. The fourth-order valence-electron chi connectivity index (χ4n) is 4.46. The Hall–Kier alpha value is -4.32. The molecule has 5 rings (SSSR count). The van der Waals surface area contributed by atoms with Gasteiger partial charge in [-0.3, -0.25) is 4.79 Å². The Kier molecular flexibility index (Phi) is 7.05. The van der Waals surface area contributed by atoms with Gasteiger partial charge in [0, 0.05) is 27.5 Å². The zero-order valence-electron chi connectivity index (χ0n) is 20.1. The highest BCUT2D eigenvalue weighted by Crippen LogP contribution is 2.36. The first kappa shape index (κ1) is 25.3. The van der Waals surface area contributed by atoms with Gasteiger partial charge in [-0.05, 0) is 64.7 Å². The summed E-state index contributed by atoms with van der Waals surface area (Å²) in [7, 11) is 0. The van der Waals surface area contributed by atoms with Crippen molar-refractivity contribution in [2.75, 3.05) is 5.32 Å². The smallest absolute Gasteiger partial charge is 0.354 e. The average molecular weight is 541 g/mol. The first-order valence-corrected chi connectivity index (χ1v) is 12.5. The maximum atomic E-state index is 13.1. The Bertz CT molecular complexity index is 1690. The van der Waals surface area contributed by atoms with Crippen LogP contribution in [0.1, 0.15) is 32.0 Å². The van der Waals surface area contributed by atoms with Crippen molar-refractivity contribution in [1.29, 1.82) is 0 Å². The fraction of sp³-hybridized carbons (Fsp3) is 0.0323. The highest BCUT2D eigenvalue weighted by atomic mass is 35.5. The van der Waals surface area contributed by atoms with E-state index in [-0.39, 0.29) is 17.9 Å². The number of carbonyl (C=O) groups is 2. The molecule has 0 aliphatic rings. The van der Waals surface area contributed by atoms with Gasteiger partial charge in [-0.25, -0.2) is 4.79 Å². The molecule has 0 saturated heterocycles. The van der Waals surface area contributed by atoms with Crippen molar-refractivity contribution in [3.8, 4) is 11.1 Å². The van der Waals surface area contributed by atoms with Gasteiger partial charge in [0.25, 0.3) is 5.91 Å². The van der Waals surface area contributed by atoms with Gasteiger partial charge in [-0.15, -0.1) is 0 Å². The molecular formula is C31H22Cl2N2O3. The summed E-state index contributed by atoms with van der Waals surface area (Å²) < 4.78 is 1.70. The zero-order valence-corrected chi connectivity index (χ0v) is 21.6. The number of carboxylic acids is 1. The minimum Gasteiger partial charge on any atom is -0.477 e. The van der Waals surface area contributed by atoms with Gasteiger partial charge in [-0.2, -0.15) is 0 Å². The number of fused-ring (bicyclic) bond motifs is 1. The molecule has 1 aromatic heterocycles. The number of aromatic nitrogens is 1. The lowest BCUT2D eigenvalue weighted by atomic mass is 10.0. The van der Waals surface area contributed by atoms with Crippen LogP contribution in [0.25, 0.3) is 28.1 Å². The van der Waals surface area contributed by atoms with Gasteiger partial charge >= 0.3 is 5.97 Å². The molecule has 1 amide bonds. The number of carboxylic acid groups (broad SMARTS) is 1. The monoisotopic (exact) mass is 540 g/mol. The summed E-state index contributed by atoms with van der Waals surface area (Å²) in [6.45, 7) is 4.05. The first-order chi connectivity index (χ1) is 18.3. The summed E-state index contributed by atoms with van der Waals surface area (Å²) in [4.78, 5) is 25.8. The van der Waals surface area contributed by atoms with Crippen LogP contribution in [0.3, 0.4) is 0 Å². The van der Waals surface area contributed by atoms with Crippen molar-refractivity contribution < 1.29 is 14.7 Å². The number of benzene rings is 4. The Morgan fingerprint density at radius 2 is 1.58 bits per heavy atom. The van der Waals surface area contributed by atoms with Crippen LogP contribution in [-0.4, -0.2) is 21.6 Å². The molecule has 2 N–H and O–H groups in total. The van der Waals surface area contributed by atoms with E-state index in [9.17, 15) is 14.7 Å². The van der Waals surface area contributed by atoms with Gasteiger partial charge in [0.1, 0.15) is 0 Å². The molecule has 7 heteroatoms. The summed E-state index contributed by atoms with van der Waals surface area (Å²) in [6, 6.07) is 27.3. The fourth-order valence-corrected chi connectivity index (χ4v) is 4.80. The Balaban J connectivity index is 1.68. The summed E-state index contributed by atoms with van der Waals surface area (Å²) in [5.41, 5.74) is 4.93. The lowest BCUT2D eigenvalue weighted by Crippen LogP contribution is -2.16. The number of hydrogen-bond acceptors (Lipinski definition) is 2. The van der Waals surface area contributed by atoms with E-state index in [1.54, 1.807) is 47.0 Å². The van der Waals surface area contributed by atoms with Gasteiger partial charge < -0.3 is 15.0 Å². The molecular weight excluding hydrogens is 519 g/mol. The van der Waals surface area contributed by atoms with E-state index in [1.807, 2.05) is 54.6 Å². The topological polar surface area (TPSA) is 71.3 Å². The average Bonchev–Trinajstić information content (AvgIpc) is 3.21. The lowest BCUT2D eigenvalue weighted by molar-refractivity contribution is 0.0687. The number of rotatable bonds is 7. The molecule has 5 aromatic rings. The van der Waals surface area contributed by atoms with E-state index in [0.717, 1.165) is 22.3 Å². The molecule has 0 atom stereocenters. The lowest BCUT2D eigenvalue weighted by Gasteiger charge is -2.11. The minimum atomic E-state index is -1.16. The molecule has 38 heavy (non-hydrogen) atoms. The maximum Gasteiger partial charge on any atom is 0.354 e. The van der Waals surface area contributed by atoms with E-state index in [2.05, 4.69) is 11.9 Å². The summed E-state index contributed by atoms with van der Waals surface area (Å²) in [5, 5.41) is 14.8. The number of nitrogens with one attached hydrogen (secondary N) is 1. The predicted molar refractivity (Wildman–Crippen MR) is 154 cm³/mol. The number of hydrogen-bond donors (Lipinski definition) is 2. The third kappa shape index (κ3) is 5.07. The Labute approximate surface area is 229 Å². The van der Waals surface area contributed by atoms with Crippen LogP contribution in [0.2, 0.25) is 10.0 Å². The molecule has 0 spiro atoms. The van der Waals surface area contributed by atoms with Gasteiger partial charge in [0.05, 0.1) is 11.2 Å². The molecule has 1 heterocycles. The summed E-state index contributed by atoms with van der Waals surface area (Å²) in [6.07, 6.45) is 1.78. The van der Waals surface area contributed by atoms with Crippen LogP contribution >= 0.6 is 23.2 Å². The Morgan fingerprint density at radius 3 is 2.24 bits per heavy atom. The van der Waals surface area contributed by atoms with E-state index in [1.165, 1.54) is 0 Å². The van der Waals surface area contributed by atoms with Crippen molar-refractivity contribution in [2.45, 2.75) is 6.54 Å². The summed E-state index contributed by atoms with van der Waals surface area (Å²) in [5.74, 6) is -1.60. The predicted octanol–water partition coefficient (Wildman–Crippen LogP) is 8.26. The largest absolute Gasteiger partial charge is 0.477 e. The van der Waals surface area contributed by atoms with Crippen LogP contribution in [-0.2, 0) is 6.54 Å². The van der Waals surface area contributed by atoms with Crippen LogP contribution in [0.15, 0.2) is 97.6 Å². The van der Waals surface area contributed by atoms with Crippen molar-refractivity contribution in [3.05, 3.63) is 130 Å². The van der Waals surface area contributed by atoms with Crippen LogP contribution in [0, 0.1) is 0 Å². The van der Waals surface area contributed by atoms with Gasteiger partial charge in [-0.1, -0.05) is 84.4 Å². The number of aromatic carboxylic acids is 1. The van der Waals surface area contributed by atoms with E-state index >= 15 is 0 Å². The normalized spacial score (nSPS) is 10.9. The molecule has 0 saturated carbocycles. The second-order valence-electron chi connectivity index (χ2n) is 8.76. The van der Waals surface area contributed by atoms with Crippen LogP contribution in [0.4, 0.5) is 5.69 Å². The third-order valence-corrected chi connectivity index (χ3v) is 6.81. The van der Waals surface area contributed by atoms with E-state index in [0.29, 0.717) is 26.5 Å². The zero-order chi connectivity index (χ0) is 26.8.